The lowest BCUT2D eigenvalue weighted by Gasteiger charge is -2.06. The number of aromatic nitrogens is 2. The standard InChI is InChI=1S/C19H21N5/c1-2-15-7-6-8-17(11-15)23-19(20)21-12-16-13-22-24(14-16)18-9-4-3-5-10-18/h3-11,13-14H,2,12H2,1H3,(H3,20,21,23). The van der Waals surface area contributed by atoms with Gasteiger partial charge in [0.25, 0.3) is 0 Å². The van der Waals surface area contributed by atoms with Crippen LogP contribution >= 0.6 is 0 Å². The van der Waals surface area contributed by atoms with Gasteiger partial charge < -0.3 is 11.1 Å². The van der Waals surface area contributed by atoms with Gasteiger partial charge in [-0.15, -0.1) is 0 Å². The first-order chi connectivity index (χ1) is 11.7. The van der Waals surface area contributed by atoms with Crippen molar-refractivity contribution < 1.29 is 0 Å². The van der Waals surface area contributed by atoms with Crippen molar-refractivity contribution in [3.63, 3.8) is 0 Å². The molecule has 3 rings (SSSR count). The Bertz CT molecular complexity index is 821. The van der Waals surface area contributed by atoms with E-state index < -0.39 is 0 Å². The molecule has 0 aliphatic carbocycles. The van der Waals surface area contributed by atoms with Crippen LogP contribution in [0, 0.1) is 0 Å². The molecular weight excluding hydrogens is 298 g/mol. The number of hydrogen-bond acceptors (Lipinski definition) is 2. The van der Waals surface area contributed by atoms with Crippen molar-refractivity contribution in [3.8, 4) is 5.69 Å². The lowest BCUT2D eigenvalue weighted by molar-refractivity contribution is 0.879. The third kappa shape index (κ3) is 4.01. The number of rotatable bonds is 5. The maximum atomic E-state index is 5.97. The first-order valence-corrected chi connectivity index (χ1v) is 7.99. The molecule has 0 atom stereocenters. The lowest BCUT2D eigenvalue weighted by Crippen LogP contribution is -2.22. The number of guanidine groups is 1. The Hall–Kier alpha value is -3.08. The summed E-state index contributed by atoms with van der Waals surface area (Å²) < 4.78 is 1.83. The zero-order chi connectivity index (χ0) is 16.8. The van der Waals surface area contributed by atoms with E-state index in [0.717, 1.165) is 23.4 Å². The first-order valence-electron chi connectivity index (χ1n) is 7.99. The molecule has 0 aliphatic heterocycles. The number of nitrogens with two attached hydrogens (primary N) is 1. The van der Waals surface area contributed by atoms with Gasteiger partial charge in [-0.25, -0.2) is 9.67 Å². The molecule has 24 heavy (non-hydrogen) atoms. The van der Waals surface area contributed by atoms with Crippen molar-refractivity contribution in [1.29, 1.82) is 0 Å². The van der Waals surface area contributed by atoms with E-state index in [2.05, 4.69) is 34.5 Å². The van der Waals surface area contributed by atoms with Crippen molar-refractivity contribution in [2.45, 2.75) is 19.9 Å². The molecule has 0 bridgehead atoms. The molecule has 0 amide bonds. The maximum absolute atomic E-state index is 5.97. The largest absolute Gasteiger partial charge is 0.370 e. The van der Waals surface area contributed by atoms with Crippen LogP contribution in [-0.2, 0) is 13.0 Å². The Morgan fingerprint density at radius 3 is 2.75 bits per heavy atom. The Balaban J connectivity index is 1.64. The highest BCUT2D eigenvalue weighted by Crippen LogP contribution is 2.11. The average molecular weight is 319 g/mol. The SMILES string of the molecule is CCc1cccc(NC(N)=NCc2cnn(-c3ccccc3)c2)c1. The summed E-state index contributed by atoms with van der Waals surface area (Å²) in [6.45, 7) is 2.61. The van der Waals surface area contributed by atoms with Gasteiger partial charge in [0.05, 0.1) is 18.4 Å². The van der Waals surface area contributed by atoms with Crippen LogP contribution < -0.4 is 11.1 Å². The van der Waals surface area contributed by atoms with Crippen molar-refractivity contribution in [3.05, 3.63) is 78.1 Å². The van der Waals surface area contributed by atoms with Gasteiger partial charge in [-0.1, -0.05) is 37.3 Å². The number of aliphatic imine (C=N–C) groups is 1. The number of hydrogen-bond donors (Lipinski definition) is 2. The zero-order valence-corrected chi connectivity index (χ0v) is 13.7. The van der Waals surface area contributed by atoms with Crippen LogP contribution in [0.2, 0.25) is 0 Å². The molecule has 1 aromatic heterocycles. The van der Waals surface area contributed by atoms with Crippen LogP contribution in [0.3, 0.4) is 0 Å². The number of benzene rings is 2. The molecule has 122 valence electrons. The second-order valence-corrected chi connectivity index (χ2v) is 5.51. The van der Waals surface area contributed by atoms with Crippen LogP contribution in [0.25, 0.3) is 5.69 Å². The lowest BCUT2D eigenvalue weighted by atomic mass is 10.1. The number of nitrogens with zero attached hydrogens (tertiary/aromatic N) is 3. The Morgan fingerprint density at radius 2 is 1.96 bits per heavy atom. The molecule has 0 saturated carbocycles. The van der Waals surface area contributed by atoms with E-state index in [1.807, 2.05) is 59.5 Å². The predicted octanol–water partition coefficient (Wildman–Crippen LogP) is 3.36. The van der Waals surface area contributed by atoms with Crippen LogP contribution in [0.5, 0.6) is 0 Å². The summed E-state index contributed by atoms with van der Waals surface area (Å²) in [5.41, 5.74) is 10.2. The summed E-state index contributed by atoms with van der Waals surface area (Å²) in [5.74, 6) is 0.399. The minimum atomic E-state index is 0.399. The molecule has 5 nitrogen and oxygen atoms in total. The average Bonchev–Trinajstić information content (AvgIpc) is 3.10. The Morgan fingerprint density at radius 1 is 1.12 bits per heavy atom. The molecule has 1 heterocycles. The molecule has 0 spiro atoms. The van der Waals surface area contributed by atoms with E-state index in [-0.39, 0.29) is 0 Å². The normalized spacial score (nSPS) is 11.5. The van der Waals surface area contributed by atoms with Gasteiger partial charge >= 0.3 is 0 Å². The van der Waals surface area contributed by atoms with Gasteiger partial charge in [0.15, 0.2) is 5.96 Å². The molecule has 3 N–H and O–H groups in total. The predicted molar refractivity (Wildman–Crippen MR) is 98.3 cm³/mol. The van der Waals surface area contributed by atoms with Crippen molar-refractivity contribution in [2.24, 2.45) is 10.7 Å². The number of aryl methyl sites for hydroxylation is 1. The summed E-state index contributed by atoms with van der Waals surface area (Å²) >= 11 is 0. The van der Waals surface area contributed by atoms with Crippen LogP contribution in [-0.4, -0.2) is 15.7 Å². The molecule has 3 aromatic rings. The summed E-state index contributed by atoms with van der Waals surface area (Å²) in [5, 5.41) is 7.48. The topological polar surface area (TPSA) is 68.2 Å². The van der Waals surface area contributed by atoms with Gasteiger partial charge in [0.1, 0.15) is 0 Å². The molecule has 0 saturated heterocycles. The highest BCUT2D eigenvalue weighted by Gasteiger charge is 2.01. The molecule has 0 aliphatic rings. The second kappa shape index (κ2) is 7.46. The van der Waals surface area contributed by atoms with E-state index >= 15 is 0 Å². The van der Waals surface area contributed by atoms with Crippen molar-refractivity contribution >= 4 is 11.6 Å². The van der Waals surface area contributed by atoms with E-state index in [9.17, 15) is 0 Å². The number of para-hydroxylation sites is 1. The highest BCUT2D eigenvalue weighted by atomic mass is 15.3. The maximum Gasteiger partial charge on any atom is 0.193 e. The number of anilines is 1. The van der Waals surface area contributed by atoms with Crippen LogP contribution in [0.4, 0.5) is 5.69 Å². The summed E-state index contributed by atoms with van der Waals surface area (Å²) in [6.07, 6.45) is 4.76. The van der Waals surface area contributed by atoms with Gasteiger partial charge in [0, 0.05) is 17.4 Å². The zero-order valence-electron chi connectivity index (χ0n) is 13.7. The highest BCUT2D eigenvalue weighted by molar-refractivity contribution is 5.92. The fraction of sp³-hybridized carbons (Fsp3) is 0.158. The smallest absolute Gasteiger partial charge is 0.193 e. The van der Waals surface area contributed by atoms with Crippen LogP contribution in [0.1, 0.15) is 18.1 Å². The third-order valence-electron chi connectivity index (χ3n) is 3.70. The van der Waals surface area contributed by atoms with Crippen LogP contribution in [0.15, 0.2) is 72.0 Å². The van der Waals surface area contributed by atoms with Crippen molar-refractivity contribution in [2.75, 3.05) is 5.32 Å². The summed E-state index contributed by atoms with van der Waals surface area (Å²) in [7, 11) is 0. The van der Waals surface area contributed by atoms with E-state index in [1.54, 1.807) is 0 Å². The minimum absolute atomic E-state index is 0.399. The minimum Gasteiger partial charge on any atom is -0.370 e. The van der Waals surface area contributed by atoms with Gasteiger partial charge in [-0.05, 0) is 36.2 Å². The van der Waals surface area contributed by atoms with E-state index in [4.69, 9.17) is 5.73 Å². The first kappa shape index (κ1) is 15.8. The van der Waals surface area contributed by atoms with Gasteiger partial charge in [-0.3, -0.25) is 0 Å². The quantitative estimate of drug-likeness (QED) is 0.560. The van der Waals surface area contributed by atoms with E-state index in [0.29, 0.717) is 12.5 Å². The summed E-state index contributed by atoms with van der Waals surface area (Å²) in [4.78, 5) is 4.38. The van der Waals surface area contributed by atoms with E-state index in [1.165, 1.54) is 5.56 Å². The molecule has 0 fully saturated rings. The fourth-order valence-corrected chi connectivity index (χ4v) is 2.40. The Kier molecular flexibility index (Phi) is 4.91. The van der Waals surface area contributed by atoms with Crippen molar-refractivity contribution in [1.82, 2.24) is 9.78 Å². The molecule has 2 aromatic carbocycles. The molecular formula is C19H21N5. The second-order valence-electron chi connectivity index (χ2n) is 5.51. The molecule has 0 radical (unpaired) electrons. The third-order valence-corrected chi connectivity index (χ3v) is 3.70. The summed E-state index contributed by atoms with van der Waals surface area (Å²) in [6, 6.07) is 18.1. The molecule has 0 unspecified atom stereocenters. The fourth-order valence-electron chi connectivity index (χ4n) is 2.40. The van der Waals surface area contributed by atoms with Gasteiger partial charge in [-0.2, -0.15) is 5.10 Å². The van der Waals surface area contributed by atoms with Gasteiger partial charge in [0.2, 0.25) is 0 Å². The number of nitrogens with one attached hydrogen (secondary N) is 1. The monoisotopic (exact) mass is 319 g/mol. The Labute approximate surface area is 141 Å². The molecule has 5 heteroatoms.